The smallest absolute Gasteiger partial charge is 0.411 e. The number of aliphatic hydroxyl groups is 1. The number of hydrogen-bond donors (Lipinski definition) is 2. The minimum absolute atomic E-state index is 0.0833. The predicted molar refractivity (Wildman–Crippen MR) is 169 cm³/mol. The van der Waals surface area contributed by atoms with Crippen LogP contribution in [0.15, 0.2) is 34.8 Å². The molecule has 1 fully saturated rings. The normalized spacial score (nSPS) is 11.8. The lowest BCUT2D eigenvalue weighted by Crippen LogP contribution is -2.34. The molecule has 2 N–H and O–H groups in total. The van der Waals surface area contributed by atoms with Crippen molar-refractivity contribution in [3.8, 4) is 0 Å². The van der Waals surface area contributed by atoms with Crippen molar-refractivity contribution in [3.05, 3.63) is 62.6 Å². The van der Waals surface area contributed by atoms with Crippen LogP contribution in [0.5, 0.6) is 0 Å². The Balaban J connectivity index is 0.00000154. The van der Waals surface area contributed by atoms with Crippen LogP contribution < -0.4 is 5.32 Å². The summed E-state index contributed by atoms with van der Waals surface area (Å²) in [7, 11) is 1.69. The summed E-state index contributed by atoms with van der Waals surface area (Å²) in [4.78, 5) is 34.0. The topological polar surface area (TPSA) is 105 Å². The summed E-state index contributed by atoms with van der Waals surface area (Å²) >= 11 is 3.50. The van der Waals surface area contributed by atoms with Crippen LogP contribution in [0.25, 0.3) is 0 Å². The molecule has 1 saturated carbocycles. The molecule has 0 atom stereocenters. The van der Waals surface area contributed by atoms with Crippen LogP contribution in [0.1, 0.15) is 81.7 Å². The van der Waals surface area contributed by atoms with Gasteiger partial charge in [0.05, 0.1) is 12.7 Å². The number of carbonyl (C=O) groups is 3. The zero-order valence-corrected chi connectivity index (χ0v) is 27.8. The standard InChI is InChI=1S/C25H33BrN2O4.C3H6O.C3H8.CH2O/c1-16-8-9-21(14-19(16)15-28(7)24(30)32-25(4,5)6)27-23(29)31-11-10-22-17(2)12-20(26)13-18(22)3;4-3-1-2-3;1-3-2;1-2/h8-9,12-14H,10-11,15H2,1-7H3,(H,27,29);3-4H,1-2H2;3H2,1-2H3;1H2. The highest BCUT2D eigenvalue weighted by molar-refractivity contribution is 9.10. The van der Waals surface area contributed by atoms with Crippen LogP contribution in [0.4, 0.5) is 15.3 Å². The molecule has 2 aromatic rings. The maximum Gasteiger partial charge on any atom is 0.411 e. The van der Waals surface area contributed by atoms with Crippen molar-refractivity contribution in [2.45, 2.75) is 99.3 Å². The van der Waals surface area contributed by atoms with E-state index in [9.17, 15) is 9.59 Å². The van der Waals surface area contributed by atoms with Gasteiger partial charge in [0.2, 0.25) is 0 Å². The van der Waals surface area contributed by atoms with Gasteiger partial charge in [-0.3, -0.25) is 5.32 Å². The van der Waals surface area contributed by atoms with Gasteiger partial charge in [0.1, 0.15) is 12.4 Å². The van der Waals surface area contributed by atoms with Crippen LogP contribution in [0.2, 0.25) is 0 Å². The minimum atomic E-state index is -0.555. The molecule has 0 aromatic heterocycles. The van der Waals surface area contributed by atoms with E-state index in [4.69, 9.17) is 19.4 Å². The Kier molecular flexibility index (Phi) is 17.9. The number of aliphatic hydroxyl groups excluding tert-OH is 1. The van der Waals surface area contributed by atoms with Gasteiger partial charge in [0.15, 0.2) is 0 Å². The van der Waals surface area contributed by atoms with Crippen molar-refractivity contribution in [2.24, 2.45) is 0 Å². The zero-order chi connectivity index (χ0) is 31.8. The molecule has 0 spiro atoms. The summed E-state index contributed by atoms with van der Waals surface area (Å²) in [5, 5.41) is 10.9. The fraction of sp³-hybridized carbons (Fsp3) is 0.531. The van der Waals surface area contributed by atoms with Gasteiger partial charge in [-0.2, -0.15) is 0 Å². The number of hydrogen-bond acceptors (Lipinski definition) is 6. The number of carbonyl (C=O) groups excluding carboxylic acids is 3. The number of aryl methyl sites for hydroxylation is 3. The van der Waals surface area contributed by atoms with Crippen molar-refractivity contribution in [1.82, 2.24) is 4.90 Å². The third-order valence-corrected chi connectivity index (χ3v) is 5.96. The average Bonchev–Trinajstić information content (AvgIpc) is 3.66. The second kappa shape index (κ2) is 19.3. The number of anilines is 1. The van der Waals surface area contributed by atoms with E-state index in [2.05, 4.69) is 61.1 Å². The van der Waals surface area contributed by atoms with Gasteiger partial charge in [-0.15, -0.1) is 0 Å². The number of ether oxygens (including phenoxy) is 2. The number of benzene rings is 2. The van der Waals surface area contributed by atoms with Gasteiger partial charge in [0, 0.05) is 30.2 Å². The lowest BCUT2D eigenvalue weighted by atomic mass is 10.0. The first-order valence-electron chi connectivity index (χ1n) is 13.9. The SMILES string of the molecule is C=O.CCC.Cc1ccc(NC(=O)OCCc2c(C)cc(Br)cc2C)cc1CN(C)C(=O)OC(C)(C)C.OC1CC1. The largest absolute Gasteiger partial charge is 0.449 e. The van der Waals surface area contributed by atoms with Crippen molar-refractivity contribution < 1.29 is 29.0 Å². The van der Waals surface area contributed by atoms with Crippen molar-refractivity contribution >= 4 is 40.6 Å². The third kappa shape index (κ3) is 16.8. The highest BCUT2D eigenvalue weighted by Gasteiger charge is 2.20. The average molecular weight is 638 g/mol. The molecule has 9 heteroatoms. The Bertz CT molecular complexity index is 1070. The molecule has 0 radical (unpaired) electrons. The molecular formula is C32H49BrN2O6. The third-order valence-electron chi connectivity index (χ3n) is 5.50. The number of nitrogens with zero attached hydrogens (tertiary/aromatic N) is 1. The van der Waals surface area contributed by atoms with Crippen LogP contribution in [0, 0.1) is 20.8 Å². The van der Waals surface area contributed by atoms with E-state index in [-0.39, 0.29) is 12.7 Å². The lowest BCUT2D eigenvalue weighted by Gasteiger charge is -2.25. The number of halogens is 1. The predicted octanol–water partition coefficient (Wildman–Crippen LogP) is 7.90. The molecule has 2 amide bonds. The molecule has 0 saturated heterocycles. The maximum absolute atomic E-state index is 12.3. The maximum atomic E-state index is 12.3. The molecule has 3 rings (SSSR count). The minimum Gasteiger partial charge on any atom is -0.449 e. The first kappa shape index (κ1) is 38.1. The summed E-state index contributed by atoms with van der Waals surface area (Å²) in [5.74, 6) is 0. The quantitative estimate of drug-likeness (QED) is 0.334. The van der Waals surface area contributed by atoms with Crippen molar-refractivity contribution in [2.75, 3.05) is 19.0 Å². The second-order valence-corrected chi connectivity index (χ2v) is 11.9. The number of rotatable bonds is 6. The molecule has 1 aliphatic rings. The Morgan fingerprint density at radius 2 is 1.56 bits per heavy atom. The summed E-state index contributed by atoms with van der Waals surface area (Å²) in [6.07, 6.45) is 3.17. The van der Waals surface area contributed by atoms with E-state index in [0.29, 0.717) is 18.7 Å². The van der Waals surface area contributed by atoms with E-state index < -0.39 is 17.8 Å². The lowest BCUT2D eigenvalue weighted by molar-refractivity contribution is -0.0980. The van der Waals surface area contributed by atoms with Crippen molar-refractivity contribution in [3.63, 3.8) is 0 Å². The molecule has 2 aromatic carbocycles. The molecule has 0 bridgehead atoms. The monoisotopic (exact) mass is 636 g/mol. The van der Waals surface area contributed by atoms with Crippen LogP contribution in [-0.2, 0) is 27.2 Å². The van der Waals surface area contributed by atoms with Gasteiger partial charge >= 0.3 is 12.2 Å². The summed E-state index contributed by atoms with van der Waals surface area (Å²) in [5.41, 5.74) is 5.50. The summed E-state index contributed by atoms with van der Waals surface area (Å²) in [6.45, 7) is 18.5. The molecular weight excluding hydrogens is 588 g/mol. The highest BCUT2D eigenvalue weighted by atomic mass is 79.9. The molecule has 1 aliphatic carbocycles. The Morgan fingerprint density at radius 3 is 2.02 bits per heavy atom. The van der Waals surface area contributed by atoms with Gasteiger partial charge in [-0.1, -0.05) is 42.3 Å². The molecule has 0 heterocycles. The number of nitrogens with one attached hydrogen (secondary N) is 1. The van der Waals surface area contributed by atoms with E-state index >= 15 is 0 Å². The fourth-order valence-corrected chi connectivity index (χ4v) is 4.08. The van der Waals surface area contributed by atoms with Crippen LogP contribution >= 0.6 is 15.9 Å². The van der Waals surface area contributed by atoms with E-state index in [1.165, 1.54) is 16.9 Å². The van der Waals surface area contributed by atoms with E-state index in [1.807, 2.05) is 52.7 Å². The van der Waals surface area contributed by atoms with Gasteiger partial charge in [0.25, 0.3) is 0 Å². The summed E-state index contributed by atoms with van der Waals surface area (Å²) in [6, 6.07) is 9.69. The molecule has 0 aliphatic heterocycles. The Morgan fingerprint density at radius 1 is 1.05 bits per heavy atom. The highest BCUT2D eigenvalue weighted by Crippen LogP contribution is 2.22. The zero-order valence-electron chi connectivity index (χ0n) is 26.2. The molecule has 0 unspecified atom stereocenters. The number of amides is 2. The Hall–Kier alpha value is -2.91. The van der Waals surface area contributed by atoms with E-state index in [1.54, 1.807) is 7.05 Å². The fourth-order valence-electron chi connectivity index (χ4n) is 3.39. The Labute approximate surface area is 254 Å². The van der Waals surface area contributed by atoms with Crippen molar-refractivity contribution in [1.29, 1.82) is 0 Å². The van der Waals surface area contributed by atoms with Gasteiger partial charge < -0.3 is 24.3 Å². The first-order chi connectivity index (χ1) is 19.2. The summed E-state index contributed by atoms with van der Waals surface area (Å²) < 4.78 is 11.8. The first-order valence-corrected chi connectivity index (χ1v) is 14.7. The van der Waals surface area contributed by atoms with Crippen LogP contribution in [-0.4, -0.2) is 54.3 Å². The second-order valence-electron chi connectivity index (χ2n) is 10.9. The van der Waals surface area contributed by atoms with Crippen LogP contribution in [0.3, 0.4) is 0 Å². The molecule has 230 valence electrons. The van der Waals surface area contributed by atoms with Gasteiger partial charge in [-0.25, -0.2) is 9.59 Å². The van der Waals surface area contributed by atoms with Gasteiger partial charge in [-0.05, 0) is 106 Å². The molecule has 41 heavy (non-hydrogen) atoms. The van der Waals surface area contributed by atoms with E-state index in [0.717, 1.165) is 39.6 Å². The molecule has 8 nitrogen and oxygen atoms in total.